The quantitative estimate of drug-likeness (QED) is 0.140. The van der Waals surface area contributed by atoms with Crippen molar-refractivity contribution in [1.29, 1.82) is 0 Å². The number of methoxy groups -OCH3 is 3. The number of carbonyl (C=O) groups is 2. The average molecular weight is 703 g/mol. The zero-order valence-corrected chi connectivity index (χ0v) is 30.1. The van der Waals surface area contributed by atoms with Gasteiger partial charge < -0.3 is 33.5 Å². The third-order valence-corrected chi connectivity index (χ3v) is 9.64. The molecule has 2 fully saturated rings. The summed E-state index contributed by atoms with van der Waals surface area (Å²) in [6, 6.07) is 27.7. The van der Waals surface area contributed by atoms with Crippen LogP contribution in [-0.4, -0.2) is 81.3 Å². The summed E-state index contributed by atoms with van der Waals surface area (Å²) in [5.41, 5.74) is 4.67. The fourth-order valence-electron chi connectivity index (χ4n) is 6.78. The van der Waals surface area contributed by atoms with Crippen LogP contribution < -0.4 is 23.7 Å². The van der Waals surface area contributed by atoms with Gasteiger partial charge in [0.2, 0.25) is 11.8 Å². The molecular weight excluding hydrogens is 656 g/mol. The third kappa shape index (κ3) is 8.60. The highest BCUT2D eigenvalue weighted by molar-refractivity contribution is 5.93. The van der Waals surface area contributed by atoms with E-state index < -0.39 is 0 Å². The van der Waals surface area contributed by atoms with Gasteiger partial charge in [-0.15, -0.1) is 0 Å². The minimum atomic E-state index is -0.0579. The van der Waals surface area contributed by atoms with E-state index in [1.54, 1.807) is 32.3 Å². The van der Waals surface area contributed by atoms with Crippen molar-refractivity contribution >= 4 is 17.9 Å². The van der Waals surface area contributed by atoms with Crippen molar-refractivity contribution in [3.05, 3.63) is 109 Å². The fraction of sp³-hybridized carbons (Fsp3) is 0.302. The summed E-state index contributed by atoms with van der Waals surface area (Å²) in [5, 5.41) is 0. The largest absolute Gasteiger partial charge is 0.497 e. The lowest BCUT2D eigenvalue weighted by Crippen LogP contribution is -2.41. The summed E-state index contributed by atoms with van der Waals surface area (Å²) in [6.07, 6.45) is 7.59. The second kappa shape index (κ2) is 17.0. The Morgan fingerprint density at radius 2 is 1.23 bits per heavy atom. The van der Waals surface area contributed by atoms with Crippen molar-refractivity contribution in [3.63, 3.8) is 0 Å². The van der Waals surface area contributed by atoms with E-state index in [0.717, 1.165) is 33.6 Å². The number of hydrogen-bond donors (Lipinski definition) is 0. The predicted molar refractivity (Wildman–Crippen MR) is 203 cm³/mol. The Balaban J connectivity index is 1.13. The van der Waals surface area contributed by atoms with Crippen molar-refractivity contribution in [2.24, 2.45) is 0 Å². The molecule has 0 N–H and O–H groups in total. The Morgan fingerprint density at radius 1 is 0.615 bits per heavy atom. The van der Waals surface area contributed by atoms with E-state index in [4.69, 9.17) is 23.7 Å². The van der Waals surface area contributed by atoms with Gasteiger partial charge in [-0.05, 0) is 64.7 Å². The Kier molecular flexibility index (Phi) is 11.8. The van der Waals surface area contributed by atoms with Crippen LogP contribution in [0.3, 0.4) is 0 Å². The molecule has 0 aliphatic carbocycles. The highest BCUT2D eigenvalue weighted by Gasteiger charge is 2.26. The second-order valence-corrected chi connectivity index (χ2v) is 12.9. The SMILES string of the molecule is C=CC(=O)N1CCC(Oc2cc(-c3ccccc3)c(/C=C/C(=O)N3CCC(Oc4cc(OC)cc(-c5ccccc5OC)c4)CC3)cc2OC)CC1. The number of likely N-dealkylation sites (tertiary alicyclic amines) is 2. The van der Waals surface area contributed by atoms with Crippen LogP contribution in [0.5, 0.6) is 28.7 Å². The maximum absolute atomic E-state index is 13.5. The van der Waals surface area contributed by atoms with Gasteiger partial charge in [0.15, 0.2) is 11.5 Å². The highest BCUT2D eigenvalue weighted by Crippen LogP contribution is 2.39. The van der Waals surface area contributed by atoms with Crippen LogP contribution in [0.15, 0.2) is 104 Å². The molecule has 0 bridgehead atoms. The lowest BCUT2D eigenvalue weighted by molar-refractivity contribution is -0.128. The summed E-state index contributed by atoms with van der Waals surface area (Å²) in [6.45, 7) is 5.99. The molecule has 270 valence electrons. The molecule has 0 saturated carbocycles. The molecule has 0 spiro atoms. The molecule has 2 aliphatic rings. The molecular formula is C43H46N2O7. The normalized spacial score (nSPS) is 15.3. The highest BCUT2D eigenvalue weighted by atomic mass is 16.5. The number of rotatable bonds is 12. The van der Waals surface area contributed by atoms with Gasteiger partial charge in [0.05, 0.1) is 21.3 Å². The number of nitrogens with zero attached hydrogens (tertiary/aromatic N) is 2. The fourth-order valence-corrected chi connectivity index (χ4v) is 6.78. The Hall–Kier alpha value is -5.70. The van der Waals surface area contributed by atoms with Crippen LogP contribution in [-0.2, 0) is 9.59 Å². The molecule has 9 heteroatoms. The monoisotopic (exact) mass is 702 g/mol. The number of hydrogen-bond acceptors (Lipinski definition) is 7. The first-order valence-corrected chi connectivity index (χ1v) is 17.7. The molecule has 0 atom stereocenters. The summed E-state index contributed by atoms with van der Waals surface area (Å²) in [5.74, 6) is 3.29. The van der Waals surface area contributed by atoms with Crippen LogP contribution in [0, 0.1) is 0 Å². The van der Waals surface area contributed by atoms with Gasteiger partial charge in [-0.25, -0.2) is 0 Å². The summed E-state index contributed by atoms with van der Waals surface area (Å²) in [7, 11) is 4.92. The number of carbonyl (C=O) groups excluding carboxylic acids is 2. The lowest BCUT2D eigenvalue weighted by Gasteiger charge is -2.32. The molecule has 2 saturated heterocycles. The van der Waals surface area contributed by atoms with E-state index in [9.17, 15) is 9.59 Å². The molecule has 2 aliphatic heterocycles. The van der Waals surface area contributed by atoms with Crippen molar-refractivity contribution < 1.29 is 33.3 Å². The van der Waals surface area contributed by atoms with Crippen LogP contribution in [0.25, 0.3) is 28.3 Å². The molecule has 0 unspecified atom stereocenters. The van der Waals surface area contributed by atoms with Gasteiger partial charge >= 0.3 is 0 Å². The van der Waals surface area contributed by atoms with Gasteiger partial charge in [-0.1, -0.05) is 55.1 Å². The van der Waals surface area contributed by atoms with E-state index >= 15 is 0 Å². The number of piperidine rings is 2. The number of amides is 2. The Labute approximate surface area is 306 Å². The maximum atomic E-state index is 13.5. The Morgan fingerprint density at radius 3 is 1.88 bits per heavy atom. The van der Waals surface area contributed by atoms with Crippen molar-refractivity contribution in [1.82, 2.24) is 9.80 Å². The van der Waals surface area contributed by atoms with Gasteiger partial charge in [-0.3, -0.25) is 9.59 Å². The van der Waals surface area contributed by atoms with E-state index in [1.807, 2.05) is 95.9 Å². The van der Waals surface area contributed by atoms with Crippen molar-refractivity contribution in [2.45, 2.75) is 37.9 Å². The first kappa shape index (κ1) is 36.1. The zero-order chi connectivity index (χ0) is 36.5. The van der Waals surface area contributed by atoms with Crippen LogP contribution in [0.1, 0.15) is 31.2 Å². The van der Waals surface area contributed by atoms with Gasteiger partial charge in [-0.2, -0.15) is 0 Å². The molecule has 6 rings (SSSR count). The molecule has 4 aromatic carbocycles. The summed E-state index contributed by atoms with van der Waals surface area (Å²) >= 11 is 0. The second-order valence-electron chi connectivity index (χ2n) is 12.9. The maximum Gasteiger partial charge on any atom is 0.246 e. The first-order chi connectivity index (χ1) is 25.4. The predicted octanol–water partition coefficient (Wildman–Crippen LogP) is 7.69. The molecule has 52 heavy (non-hydrogen) atoms. The number of ether oxygens (including phenoxy) is 5. The lowest BCUT2D eigenvalue weighted by atomic mass is 9.98. The zero-order valence-electron chi connectivity index (χ0n) is 30.1. The number of benzene rings is 4. The van der Waals surface area contributed by atoms with Gasteiger partial charge in [0, 0.05) is 69.6 Å². The van der Waals surface area contributed by atoms with Crippen molar-refractivity contribution in [2.75, 3.05) is 47.5 Å². The van der Waals surface area contributed by atoms with Gasteiger partial charge in [0.1, 0.15) is 29.5 Å². The minimum absolute atomic E-state index is 0.0399. The van der Waals surface area contributed by atoms with E-state index in [1.165, 1.54) is 6.08 Å². The molecule has 2 amide bonds. The minimum Gasteiger partial charge on any atom is -0.497 e. The molecule has 9 nitrogen and oxygen atoms in total. The standard InChI is InChI=1S/C43H46N2O7/c1-5-42(46)44-21-19-34(20-22-44)52-41-29-38(30-11-7-6-8-12-30)31(27-40(41)50-4)15-16-43(47)45-23-17-33(18-24-45)51-36-26-32(25-35(28-36)48-2)37-13-9-10-14-39(37)49-3/h5-16,25-29,33-34H,1,17-24H2,2-4H3/b16-15+. The smallest absolute Gasteiger partial charge is 0.246 e. The number of para-hydroxylation sites is 1. The Bertz CT molecular complexity index is 1890. The third-order valence-electron chi connectivity index (χ3n) is 9.64. The van der Waals surface area contributed by atoms with Crippen LogP contribution in [0.2, 0.25) is 0 Å². The summed E-state index contributed by atoms with van der Waals surface area (Å²) in [4.78, 5) is 29.2. The molecule has 0 aromatic heterocycles. The van der Waals surface area contributed by atoms with Crippen LogP contribution >= 0.6 is 0 Å². The molecule has 2 heterocycles. The topological polar surface area (TPSA) is 86.8 Å². The average Bonchev–Trinajstić information content (AvgIpc) is 3.20. The summed E-state index contributed by atoms with van der Waals surface area (Å²) < 4.78 is 29.9. The van der Waals surface area contributed by atoms with E-state index in [2.05, 4.69) is 6.58 Å². The van der Waals surface area contributed by atoms with Crippen molar-refractivity contribution in [3.8, 4) is 51.0 Å². The molecule has 0 radical (unpaired) electrons. The van der Waals surface area contributed by atoms with Gasteiger partial charge in [0.25, 0.3) is 0 Å². The first-order valence-electron chi connectivity index (χ1n) is 17.7. The van der Waals surface area contributed by atoms with E-state index in [-0.39, 0.29) is 24.0 Å². The van der Waals surface area contributed by atoms with Crippen LogP contribution in [0.4, 0.5) is 0 Å². The molecule has 4 aromatic rings. The van der Waals surface area contributed by atoms with E-state index in [0.29, 0.717) is 74.9 Å².